The van der Waals surface area contributed by atoms with Crippen molar-refractivity contribution in [1.82, 2.24) is 0 Å². The first-order valence-corrected chi connectivity index (χ1v) is 7.37. The fourth-order valence-corrected chi connectivity index (χ4v) is 3.20. The predicted molar refractivity (Wildman–Crippen MR) is 86.2 cm³/mol. The van der Waals surface area contributed by atoms with E-state index >= 15 is 0 Å². The number of hydrogen-bond acceptors (Lipinski definition) is 1. The van der Waals surface area contributed by atoms with Gasteiger partial charge in [-0.1, -0.05) is 62.7 Å². The van der Waals surface area contributed by atoms with Crippen LogP contribution in [-0.4, -0.2) is 6.54 Å². The van der Waals surface area contributed by atoms with Gasteiger partial charge in [0.25, 0.3) is 0 Å². The molecule has 0 heterocycles. The Morgan fingerprint density at radius 2 is 1.55 bits per heavy atom. The van der Waals surface area contributed by atoms with Gasteiger partial charge < -0.3 is 5.73 Å². The molecule has 1 nitrogen and oxygen atoms in total. The van der Waals surface area contributed by atoms with E-state index in [1.54, 1.807) is 0 Å². The molecular formula is C19H23N. The smallest absolute Gasteiger partial charge is 0.0225 e. The van der Waals surface area contributed by atoms with Crippen LogP contribution in [0.2, 0.25) is 0 Å². The zero-order valence-corrected chi connectivity index (χ0v) is 12.8. The first-order valence-electron chi connectivity index (χ1n) is 7.37. The van der Waals surface area contributed by atoms with Crippen molar-refractivity contribution in [2.45, 2.75) is 39.0 Å². The van der Waals surface area contributed by atoms with Crippen LogP contribution in [-0.2, 0) is 5.41 Å². The van der Waals surface area contributed by atoms with Crippen molar-refractivity contribution in [2.75, 3.05) is 6.54 Å². The predicted octanol–water partition coefficient (Wildman–Crippen LogP) is 4.36. The molecule has 2 aromatic rings. The summed E-state index contributed by atoms with van der Waals surface area (Å²) >= 11 is 0. The summed E-state index contributed by atoms with van der Waals surface area (Å²) in [6, 6.07) is 13.6. The lowest BCUT2D eigenvalue weighted by Gasteiger charge is -2.21. The summed E-state index contributed by atoms with van der Waals surface area (Å²) in [7, 11) is 0. The fourth-order valence-electron chi connectivity index (χ4n) is 3.20. The maximum Gasteiger partial charge on any atom is 0.0225 e. The molecule has 0 aliphatic heterocycles. The first-order chi connectivity index (χ1) is 9.41. The lowest BCUT2D eigenvalue weighted by molar-refractivity contribution is 0.589. The second-order valence-electron chi connectivity index (χ2n) is 6.93. The van der Waals surface area contributed by atoms with E-state index < -0.39 is 0 Å². The maximum atomic E-state index is 6.07. The second kappa shape index (κ2) is 4.46. The molecule has 3 rings (SSSR count). The van der Waals surface area contributed by atoms with Gasteiger partial charge in [-0.2, -0.15) is 0 Å². The van der Waals surface area contributed by atoms with E-state index in [1.807, 2.05) is 0 Å². The third-order valence-electron chi connectivity index (χ3n) is 4.40. The highest BCUT2D eigenvalue weighted by molar-refractivity contribution is 5.79. The number of fused-ring (bicyclic) bond motifs is 3. The van der Waals surface area contributed by atoms with Crippen molar-refractivity contribution in [3.8, 4) is 11.1 Å². The average Bonchev–Trinajstić information content (AvgIpc) is 2.69. The maximum absolute atomic E-state index is 6.07. The number of aryl methyl sites for hydroxylation is 1. The number of hydrogen-bond donors (Lipinski definition) is 1. The van der Waals surface area contributed by atoms with Crippen LogP contribution in [0.5, 0.6) is 0 Å². The van der Waals surface area contributed by atoms with Crippen LogP contribution in [0.3, 0.4) is 0 Å². The summed E-state index contributed by atoms with van der Waals surface area (Å²) in [4.78, 5) is 0. The van der Waals surface area contributed by atoms with Crippen molar-refractivity contribution in [1.29, 1.82) is 0 Å². The van der Waals surface area contributed by atoms with Crippen molar-refractivity contribution in [2.24, 2.45) is 5.73 Å². The molecule has 2 aromatic carbocycles. The molecule has 0 amide bonds. The van der Waals surface area contributed by atoms with Gasteiger partial charge in [-0.3, -0.25) is 0 Å². The van der Waals surface area contributed by atoms with E-state index in [9.17, 15) is 0 Å². The summed E-state index contributed by atoms with van der Waals surface area (Å²) in [6.07, 6.45) is 0. The van der Waals surface area contributed by atoms with Crippen molar-refractivity contribution < 1.29 is 0 Å². The summed E-state index contributed by atoms with van der Waals surface area (Å²) < 4.78 is 0. The minimum Gasteiger partial charge on any atom is -0.330 e. The summed E-state index contributed by atoms with van der Waals surface area (Å²) in [6.45, 7) is 9.61. The third kappa shape index (κ3) is 1.97. The molecule has 104 valence electrons. The summed E-state index contributed by atoms with van der Waals surface area (Å²) in [5, 5.41) is 0. The molecule has 0 saturated carbocycles. The summed E-state index contributed by atoms with van der Waals surface area (Å²) in [5.41, 5.74) is 14.5. The Morgan fingerprint density at radius 1 is 0.950 bits per heavy atom. The molecule has 1 aliphatic carbocycles. The molecule has 1 atom stereocenters. The van der Waals surface area contributed by atoms with Crippen LogP contribution in [0.25, 0.3) is 11.1 Å². The topological polar surface area (TPSA) is 26.0 Å². The zero-order chi connectivity index (χ0) is 14.5. The number of benzene rings is 2. The molecule has 0 spiro atoms. The molecule has 0 saturated heterocycles. The quantitative estimate of drug-likeness (QED) is 0.814. The molecule has 1 aliphatic rings. The first kappa shape index (κ1) is 13.4. The molecule has 20 heavy (non-hydrogen) atoms. The number of rotatable bonds is 1. The van der Waals surface area contributed by atoms with Crippen LogP contribution in [0.1, 0.15) is 48.9 Å². The minimum absolute atomic E-state index is 0.179. The van der Waals surface area contributed by atoms with Gasteiger partial charge in [0.1, 0.15) is 0 Å². The standard InChI is InChI=1S/C19H23N/c1-12-5-7-14-15-8-6-13(19(2,3)4)10-17(15)18(11-20)16(14)9-12/h5-10,18H,11,20H2,1-4H3. The Hall–Kier alpha value is -1.60. The van der Waals surface area contributed by atoms with Gasteiger partial charge >= 0.3 is 0 Å². The van der Waals surface area contributed by atoms with E-state index in [-0.39, 0.29) is 5.41 Å². The van der Waals surface area contributed by atoms with Gasteiger partial charge in [-0.25, -0.2) is 0 Å². The van der Waals surface area contributed by atoms with Crippen molar-refractivity contribution in [3.05, 3.63) is 58.7 Å². The molecule has 0 radical (unpaired) electrons. The third-order valence-corrected chi connectivity index (χ3v) is 4.40. The molecule has 1 unspecified atom stereocenters. The Kier molecular flexibility index (Phi) is 2.98. The van der Waals surface area contributed by atoms with E-state index in [0.717, 1.165) is 0 Å². The highest BCUT2D eigenvalue weighted by atomic mass is 14.6. The summed E-state index contributed by atoms with van der Waals surface area (Å²) in [5.74, 6) is 0.349. The van der Waals surface area contributed by atoms with Crippen LogP contribution in [0.4, 0.5) is 0 Å². The molecular weight excluding hydrogens is 242 g/mol. The van der Waals surface area contributed by atoms with Crippen LogP contribution < -0.4 is 5.73 Å². The van der Waals surface area contributed by atoms with Crippen molar-refractivity contribution in [3.63, 3.8) is 0 Å². The monoisotopic (exact) mass is 265 g/mol. The Bertz CT molecular complexity index is 662. The van der Waals surface area contributed by atoms with Gasteiger partial charge in [-0.05, 0) is 40.2 Å². The van der Waals surface area contributed by atoms with E-state index in [4.69, 9.17) is 5.73 Å². The average molecular weight is 265 g/mol. The highest BCUT2D eigenvalue weighted by Gasteiger charge is 2.29. The molecule has 0 aromatic heterocycles. The molecule has 0 fully saturated rings. The zero-order valence-electron chi connectivity index (χ0n) is 12.8. The Morgan fingerprint density at radius 3 is 2.15 bits per heavy atom. The lowest BCUT2D eigenvalue weighted by atomic mass is 9.84. The van der Waals surface area contributed by atoms with E-state index in [2.05, 4.69) is 64.1 Å². The van der Waals surface area contributed by atoms with Crippen molar-refractivity contribution >= 4 is 0 Å². The van der Waals surface area contributed by atoms with Gasteiger partial charge in [0.15, 0.2) is 0 Å². The molecule has 2 N–H and O–H groups in total. The van der Waals surface area contributed by atoms with Gasteiger partial charge in [0, 0.05) is 12.5 Å². The molecule has 0 bridgehead atoms. The fraction of sp³-hybridized carbons (Fsp3) is 0.368. The van der Waals surface area contributed by atoms with Gasteiger partial charge in [0.05, 0.1) is 0 Å². The largest absolute Gasteiger partial charge is 0.330 e. The Balaban J connectivity index is 2.21. The Labute approximate surface area is 121 Å². The molecule has 1 heteroatoms. The lowest BCUT2D eigenvalue weighted by Crippen LogP contribution is -2.14. The van der Waals surface area contributed by atoms with Crippen LogP contribution in [0, 0.1) is 6.92 Å². The van der Waals surface area contributed by atoms with Gasteiger partial charge in [-0.15, -0.1) is 0 Å². The van der Waals surface area contributed by atoms with Crippen LogP contribution >= 0.6 is 0 Å². The second-order valence-corrected chi connectivity index (χ2v) is 6.93. The SMILES string of the molecule is Cc1ccc2c(c1)C(CN)c1cc(C(C)(C)C)ccc1-2. The minimum atomic E-state index is 0.179. The van der Waals surface area contributed by atoms with E-state index in [1.165, 1.54) is 33.4 Å². The highest BCUT2D eigenvalue weighted by Crippen LogP contribution is 2.45. The number of nitrogens with two attached hydrogens (primary N) is 1. The normalized spacial score (nSPS) is 16.9. The van der Waals surface area contributed by atoms with Crippen LogP contribution in [0.15, 0.2) is 36.4 Å². The van der Waals surface area contributed by atoms with Gasteiger partial charge in [0.2, 0.25) is 0 Å². The van der Waals surface area contributed by atoms with E-state index in [0.29, 0.717) is 12.5 Å².